The summed E-state index contributed by atoms with van der Waals surface area (Å²) in [5, 5.41) is 2.29. The smallest absolute Gasteiger partial charge is 0.459 e. The molecule has 1 amide bonds. The lowest BCUT2D eigenvalue weighted by Crippen LogP contribution is -2.41. The first-order valence-corrected chi connectivity index (χ1v) is 15.6. The van der Waals surface area contributed by atoms with Gasteiger partial charge in [0.15, 0.2) is 18.4 Å². The molecule has 0 spiro atoms. The van der Waals surface area contributed by atoms with Gasteiger partial charge in [0.25, 0.3) is 0 Å². The van der Waals surface area contributed by atoms with Crippen LogP contribution in [-0.4, -0.2) is 71.9 Å². The number of hydrogen-bond donors (Lipinski definition) is 5. The van der Waals surface area contributed by atoms with Crippen LogP contribution in [0.2, 0.25) is 0 Å². The minimum Gasteiger partial charge on any atom is -0.459 e. The van der Waals surface area contributed by atoms with E-state index in [1.54, 1.807) is 0 Å². The summed E-state index contributed by atoms with van der Waals surface area (Å²) in [7, 11) is -15.9. The second-order valence-electron chi connectivity index (χ2n) is 7.28. The number of nitrogens with zero attached hydrogens (tertiary/aromatic N) is 2. The van der Waals surface area contributed by atoms with Crippen molar-refractivity contribution in [3.63, 3.8) is 0 Å². The van der Waals surface area contributed by atoms with E-state index < -0.39 is 77.5 Å². The van der Waals surface area contributed by atoms with Gasteiger partial charge in [-0.3, -0.25) is 23.8 Å². The van der Waals surface area contributed by atoms with Crippen LogP contribution in [0.5, 0.6) is 0 Å². The van der Waals surface area contributed by atoms with E-state index in [4.69, 9.17) is 28.5 Å². The van der Waals surface area contributed by atoms with Crippen molar-refractivity contribution in [1.82, 2.24) is 9.55 Å². The third-order valence-electron chi connectivity index (χ3n) is 4.12. The lowest BCUT2D eigenvalue weighted by atomic mass is 10.1. The van der Waals surface area contributed by atoms with Crippen LogP contribution in [0, 0.1) is 0 Å². The molecule has 2 heterocycles. The summed E-state index contributed by atoms with van der Waals surface area (Å²) >= 11 is 4.54. The second kappa shape index (κ2) is 12.6. The number of esters is 2. The Morgan fingerprint density at radius 2 is 1.74 bits per heavy atom. The van der Waals surface area contributed by atoms with Crippen LogP contribution >= 0.6 is 22.8 Å². The molecule has 2 unspecified atom stereocenters. The van der Waals surface area contributed by atoms with Crippen molar-refractivity contribution in [2.45, 2.75) is 45.3 Å². The van der Waals surface area contributed by atoms with Gasteiger partial charge in [-0.15, -0.1) is 0 Å². The molecule has 2 rings (SSSR count). The Balaban J connectivity index is 2.34. The predicted molar refractivity (Wildman–Crippen MR) is 124 cm³/mol. The molecule has 1 aliphatic heterocycles. The van der Waals surface area contributed by atoms with Crippen molar-refractivity contribution >= 4 is 58.7 Å². The predicted octanol–water partition coefficient (Wildman–Crippen LogP) is -0.578. The van der Waals surface area contributed by atoms with Crippen LogP contribution in [0.4, 0.5) is 5.82 Å². The summed E-state index contributed by atoms with van der Waals surface area (Å²) in [6, 6.07) is 1.21. The van der Waals surface area contributed by atoms with Crippen LogP contribution in [-0.2, 0) is 63.1 Å². The van der Waals surface area contributed by atoms with Crippen molar-refractivity contribution in [1.29, 1.82) is 0 Å². The first-order chi connectivity index (χ1) is 17.3. The van der Waals surface area contributed by atoms with Gasteiger partial charge in [-0.2, -0.15) is 13.8 Å². The number of rotatable bonds is 11. The lowest BCUT2D eigenvalue weighted by molar-refractivity contribution is -0.165. The highest BCUT2D eigenvalue weighted by atomic mass is 32.7. The Hall–Kier alpha value is -1.79. The zero-order chi connectivity index (χ0) is 29.1. The Labute approximate surface area is 218 Å². The standard InChI is InChI=1S/C15H22N3O16P3S/c1-7(19)16-11-4-5-18(15(22)17-11)14-13(31-9(3)21)12(30-8(2)20)10(32-14)6-29-37(28,38)34-36(26,27)33-35(23,24)25/h4-5,10,12-14H,6H2,1-3H3,(H,26,27)(H,28,38)(H2,23,24,25)(H,16,17,19,22)/t10-,12-,13-,14-,37?/m1/s1. The zero-order valence-electron chi connectivity index (χ0n) is 19.5. The van der Waals surface area contributed by atoms with Crippen LogP contribution in [0.3, 0.4) is 0 Å². The van der Waals surface area contributed by atoms with Gasteiger partial charge >= 0.3 is 40.4 Å². The Kier molecular flexibility index (Phi) is 10.7. The van der Waals surface area contributed by atoms with E-state index in [0.29, 0.717) is 0 Å². The number of aromatic nitrogens is 2. The number of phosphoric acid groups is 2. The molecular weight excluding hydrogens is 603 g/mol. The number of carbonyl (C=O) groups is 3. The fraction of sp³-hybridized carbons (Fsp3) is 0.533. The average Bonchev–Trinajstić information content (AvgIpc) is 2.99. The number of ether oxygens (including phenoxy) is 3. The molecule has 23 heteroatoms. The molecule has 1 fully saturated rings. The molecule has 19 nitrogen and oxygen atoms in total. The number of nitrogens with one attached hydrogen (secondary N) is 1. The number of anilines is 1. The third kappa shape index (κ3) is 10.1. The first-order valence-electron chi connectivity index (χ1n) is 9.93. The monoisotopic (exact) mass is 625 g/mol. The fourth-order valence-electron chi connectivity index (χ4n) is 3.04. The maximum absolute atomic E-state index is 12.6. The van der Waals surface area contributed by atoms with E-state index >= 15 is 0 Å². The van der Waals surface area contributed by atoms with Gasteiger partial charge in [0.05, 0.1) is 0 Å². The molecule has 5 N–H and O–H groups in total. The van der Waals surface area contributed by atoms with E-state index in [9.17, 15) is 38.1 Å². The summed E-state index contributed by atoms with van der Waals surface area (Å²) in [5.41, 5.74) is -0.993. The highest BCUT2D eigenvalue weighted by Crippen LogP contribution is 2.70. The van der Waals surface area contributed by atoms with E-state index in [1.165, 1.54) is 13.0 Å². The molecule has 1 aliphatic rings. The summed E-state index contributed by atoms with van der Waals surface area (Å²) < 4.78 is 51.9. The van der Waals surface area contributed by atoms with Gasteiger partial charge in [0.1, 0.15) is 18.5 Å². The molecule has 1 aromatic heterocycles. The molecule has 38 heavy (non-hydrogen) atoms. The van der Waals surface area contributed by atoms with Crippen molar-refractivity contribution in [3.8, 4) is 0 Å². The Morgan fingerprint density at radius 3 is 2.24 bits per heavy atom. The van der Waals surface area contributed by atoms with Crippen molar-refractivity contribution < 1.29 is 70.4 Å². The normalized spacial score (nSPS) is 24.6. The van der Waals surface area contributed by atoms with Gasteiger partial charge in [-0.25, -0.2) is 18.8 Å². The first kappa shape index (κ1) is 32.4. The van der Waals surface area contributed by atoms with E-state index in [1.807, 2.05) is 0 Å². The topological polar surface area (TPSA) is 269 Å². The van der Waals surface area contributed by atoms with Crippen molar-refractivity contribution in [3.05, 3.63) is 22.7 Å². The summed E-state index contributed by atoms with van der Waals surface area (Å²) in [5.74, 6) is -2.41. The highest BCUT2D eigenvalue weighted by Gasteiger charge is 2.52. The lowest BCUT2D eigenvalue weighted by Gasteiger charge is -2.25. The maximum Gasteiger partial charge on any atom is 0.518 e. The molecule has 214 valence electrons. The quantitative estimate of drug-likeness (QED) is 0.117. The minimum absolute atomic E-state index is 0.110. The van der Waals surface area contributed by atoms with Crippen molar-refractivity contribution in [2.24, 2.45) is 0 Å². The molecule has 1 aromatic rings. The zero-order valence-corrected chi connectivity index (χ0v) is 23.0. The van der Waals surface area contributed by atoms with Gasteiger partial charge < -0.3 is 41.6 Å². The SMILES string of the molecule is CC(=O)Nc1ccn([C@@H]2O[C@H](CO[P+](O)([S-])OP(=O)(O)OP(=O)(O)O)[C@@H](OC(C)=O)[C@H]2OC(C)=O)c(=O)n1. The number of carbonyl (C=O) groups excluding carboxylic acids is 3. The Morgan fingerprint density at radius 1 is 1.16 bits per heavy atom. The largest absolute Gasteiger partial charge is 0.518 e. The van der Waals surface area contributed by atoms with Crippen LogP contribution in [0.25, 0.3) is 0 Å². The van der Waals surface area contributed by atoms with E-state index in [0.717, 1.165) is 24.6 Å². The van der Waals surface area contributed by atoms with E-state index in [2.05, 4.69) is 31.2 Å². The number of amides is 1. The summed E-state index contributed by atoms with van der Waals surface area (Å²) in [6.45, 7) is 2.29. The van der Waals surface area contributed by atoms with Gasteiger partial charge in [-0.1, -0.05) is 4.31 Å². The molecule has 0 radical (unpaired) electrons. The van der Waals surface area contributed by atoms with E-state index in [-0.39, 0.29) is 5.82 Å². The number of hydrogen-bond acceptors (Lipinski definition) is 15. The van der Waals surface area contributed by atoms with Crippen LogP contribution in [0.1, 0.15) is 27.0 Å². The van der Waals surface area contributed by atoms with Crippen LogP contribution in [0.15, 0.2) is 17.1 Å². The Bertz CT molecular complexity index is 1220. The summed E-state index contributed by atoms with van der Waals surface area (Å²) in [4.78, 5) is 87.7. The van der Waals surface area contributed by atoms with Crippen molar-refractivity contribution in [2.75, 3.05) is 11.9 Å². The van der Waals surface area contributed by atoms with Gasteiger partial charge in [-0.05, 0) is 6.07 Å². The fourth-order valence-corrected chi connectivity index (χ4v) is 7.02. The minimum atomic E-state index is -5.62. The summed E-state index contributed by atoms with van der Waals surface area (Å²) in [6.07, 6.45) is -4.88. The second-order valence-corrected chi connectivity index (χ2v) is 13.1. The van der Waals surface area contributed by atoms with Crippen LogP contribution < -0.4 is 11.0 Å². The average molecular weight is 625 g/mol. The van der Waals surface area contributed by atoms with Gasteiger partial charge in [0.2, 0.25) is 5.91 Å². The molecule has 0 aliphatic carbocycles. The highest BCUT2D eigenvalue weighted by molar-refractivity contribution is 8.36. The maximum atomic E-state index is 12.6. The third-order valence-corrected chi connectivity index (χ3v) is 8.83. The van der Waals surface area contributed by atoms with Gasteiger partial charge in [0, 0.05) is 27.0 Å². The molecule has 6 atom stereocenters. The molecule has 0 bridgehead atoms. The molecular formula is C15H22N3O16P3S. The molecule has 0 saturated carbocycles. The molecule has 0 aromatic carbocycles. The molecule has 1 saturated heterocycles.